The third-order valence-electron chi connectivity index (χ3n) is 4.09. The fourth-order valence-electron chi connectivity index (χ4n) is 2.77. The van der Waals surface area contributed by atoms with E-state index in [1.54, 1.807) is 0 Å². The quantitative estimate of drug-likeness (QED) is 0.747. The summed E-state index contributed by atoms with van der Waals surface area (Å²) in [6.45, 7) is -0.150. The van der Waals surface area contributed by atoms with E-state index in [9.17, 15) is 27.9 Å². The Morgan fingerprint density at radius 3 is 2.50 bits per heavy atom. The second-order valence-electron chi connectivity index (χ2n) is 5.86. The monoisotopic (exact) mass is 393 g/mol. The lowest BCUT2D eigenvalue weighted by molar-refractivity contribution is -0.113. The van der Waals surface area contributed by atoms with E-state index < -0.39 is 46.6 Å². The standard InChI is InChI=1S/C18H14F3N3O4/c1-28-9-5-12(20)15(13(21)6-9)10-7-22-17(26)16(10)24-18(27)23-8-2-3-11(19)14(25)4-8/h2-6,10,25H,7H2,1H3,(H,22,26)(H,23,27)/t10-/m0/s1. The molecule has 0 bridgehead atoms. The van der Waals surface area contributed by atoms with Crippen LogP contribution in [-0.2, 0) is 4.79 Å². The van der Waals surface area contributed by atoms with Gasteiger partial charge in [0.2, 0.25) is 0 Å². The first-order valence-corrected chi connectivity index (χ1v) is 7.99. The number of phenolic OH excluding ortho intramolecular Hbond substituents is 1. The number of ether oxygens (including phenoxy) is 1. The van der Waals surface area contributed by atoms with E-state index in [4.69, 9.17) is 4.74 Å². The number of urea groups is 1. The molecule has 7 nitrogen and oxygen atoms in total. The van der Waals surface area contributed by atoms with Crippen molar-refractivity contribution in [1.82, 2.24) is 5.32 Å². The molecule has 0 aliphatic carbocycles. The van der Waals surface area contributed by atoms with Gasteiger partial charge in [-0.05, 0) is 12.1 Å². The van der Waals surface area contributed by atoms with Gasteiger partial charge >= 0.3 is 6.03 Å². The first-order chi connectivity index (χ1) is 13.3. The fraction of sp³-hybridized carbons (Fsp3) is 0.167. The maximum Gasteiger partial charge on any atom is 0.345 e. The molecule has 3 amide bonds. The molecule has 28 heavy (non-hydrogen) atoms. The molecule has 1 fully saturated rings. The van der Waals surface area contributed by atoms with E-state index in [1.165, 1.54) is 13.2 Å². The molecule has 3 rings (SSSR count). The maximum absolute atomic E-state index is 14.3. The highest BCUT2D eigenvalue weighted by Crippen LogP contribution is 2.30. The van der Waals surface area contributed by atoms with Gasteiger partial charge in [-0.1, -0.05) is 0 Å². The molecule has 1 heterocycles. The van der Waals surface area contributed by atoms with Crippen molar-refractivity contribution in [2.24, 2.45) is 4.99 Å². The van der Waals surface area contributed by atoms with Crippen molar-refractivity contribution in [3.8, 4) is 11.5 Å². The van der Waals surface area contributed by atoms with Crippen molar-refractivity contribution in [1.29, 1.82) is 0 Å². The van der Waals surface area contributed by atoms with E-state index in [1.807, 2.05) is 0 Å². The number of phenols is 1. The second-order valence-corrected chi connectivity index (χ2v) is 5.86. The highest BCUT2D eigenvalue weighted by Gasteiger charge is 2.36. The summed E-state index contributed by atoms with van der Waals surface area (Å²) in [5.74, 6) is -5.40. The Morgan fingerprint density at radius 2 is 1.89 bits per heavy atom. The molecule has 2 aromatic carbocycles. The first kappa shape index (κ1) is 19.2. The van der Waals surface area contributed by atoms with E-state index in [2.05, 4.69) is 15.6 Å². The summed E-state index contributed by atoms with van der Waals surface area (Å²) < 4.78 is 46.5. The number of amides is 3. The van der Waals surface area contributed by atoms with Crippen LogP contribution >= 0.6 is 0 Å². The number of benzene rings is 2. The molecule has 0 saturated carbocycles. The van der Waals surface area contributed by atoms with Crippen LogP contribution in [-0.4, -0.2) is 36.4 Å². The van der Waals surface area contributed by atoms with E-state index in [-0.39, 0.29) is 23.7 Å². The minimum atomic E-state index is -1.13. The van der Waals surface area contributed by atoms with Crippen LogP contribution in [0.5, 0.6) is 11.5 Å². The largest absolute Gasteiger partial charge is 0.505 e. The Balaban J connectivity index is 1.90. The predicted octanol–water partition coefficient (Wildman–Crippen LogP) is 2.70. The molecular weight excluding hydrogens is 379 g/mol. The summed E-state index contributed by atoms with van der Waals surface area (Å²) in [6.07, 6.45) is 0. The Kier molecular flexibility index (Phi) is 5.21. The van der Waals surface area contributed by atoms with E-state index >= 15 is 0 Å². The van der Waals surface area contributed by atoms with E-state index in [0.717, 1.165) is 24.3 Å². The molecule has 0 unspecified atom stereocenters. The number of nitrogens with one attached hydrogen (secondary N) is 2. The number of anilines is 1. The zero-order chi connectivity index (χ0) is 20.4. The number of carbonyl (C=O) groups excluding carboxylic acids is 2. The number of halogens is 3. The van der Waals surface area contributed by atoms with Crippen LogP contribution < -0.4 is 15.4 Å². The Morgan fingerprint density at radius 1 is 1.21 bits per heavy atom. The van der Waals surface area contributed by atoms with Crippen LogP contribution in [0.25, 0.3) is 0 Å². The molecule has 0 spiro atoms. The van der Waals surface area contributed by atoms with Gasteiger partial charge in [0.25, 0.3) is 5.91 Å². The predicted molar refractivity (Wildman–Crippen MR) is 93.2 cm³/mol. The van der Waals surface area contributed by atoms with Crippen LogP contribution in [0, 0.1) is 17.5 Å². The zero-order valence-electron chi connectivity index (χ0n) is 14.4. The lowest BCUT2D eigenvalue weighted by Gasteiger charge is -2.13. The topological polar surface area (TPSA) is 100 Å². The summed E-state index contributed by atoms with van der Waals surface area (Å²) in [5, 5.41) is 13.9. The fourth-order valence-corrected chi connectivity index (χ4v) is 2.77. The Hall–Kier alpha value is -3.56. The van der Waals surface area contributed by atoms with Gasteiger partial charge in [0.05, 0.1) is 13.0 Å². The summed E-state index contributed by atoms with van der Waals surface area (Å²) in [5.41, 5.74) is -0.790. The highest BCUT2D eigenvalue weighted by atomic mass is 19.1. The number of rotatable bonds is 3. The Bertz CT molecular complexity index is 971. The molecule has 0 aromatic heterocycles. The van der Waals surface area contributed by atoms with Crippen molar-refractivity contribution in [2.45, 2.75) is 5.92 Å². The van der Waals surface area contributed by atoms with Gasteiger partial charge in [0, 0.05) is 36.0 Å². The van der Waals surface area contributed by atoms with Gasteiger partial charge in [0.1, 0.15) is 23.1 Å². The van der Waals surface area contributed by atoms with Crippen molar-refractivity contribution in [2.75, 3.05) is 19.0 Å². The minimum Gasteiger partial charge on any atom is -0.505 e. The van der Waals surface area contributed by atoms with Gasteiger partial charge in [-0.15, -0.1) is 0 Å². The molecule has 0 radical (unpaired) electrons. The first-order valence-electron chi connectivity index (χ1n) is 7.99. The molecule has 146 valence electrons. The molecule has 10 heteroatoms. The van der Waals surface area contributed by atoms with E-state index in [0.29, 0.717) is 0 Å². The summed E-state index contributed by atoms with van der Waals surface area (Å²) in [7, 11) is 1.25. The van der Waals surface area contributed by atoms with Crippen LogP contribution in [0.15, 0.2) is 35.3 Å². The Labute approximate surface area is 156 Å². The van der Waals surface area contributed by atoms with Crippen LogP contribution in [0.2, 0.25) is 0 Å². The second kappa shape index (κ2) is 7.59. The summed E-state index contributed by atoms with van der Waals surface area (Å²) in [6, 6.07) is 3.92. The summed E-state index contributed by atoms with van der Waals surface area (Å²) in [4.78, 5) is 27.7. The normalized spacial score (nSPS) is 17.5. The molecule has 1 aliphatic heterocycles. The number of aromatic hydroxyl groups is 1. The smallest absolute Gasteiger partial charge is 0.345 e. The number of carbonyl (C=O) groups is 2. The van der Waals surface area contributed by atoms with Crippen molar-refractivity contribution < 1.29 is 32.6 Å². The average Bonchev–Trinajstić information content (AvgIpc) is 2.98. The van der Waals surface area contributed by atoms with Gasteiger partial charge in [-0.3, -0.25) is 4.79 Å². The van der Waals surface area contributed by atoms with Crippen molar-refractivity contribution >= 4 is 23.3 Å². The van der Waals surface area contributed by atoms with Crippen molar-refractivity contribution in [3.63, 3.8) is 0 Å². The lowest BCUT2D eigenvalue weighted by Crippen LogP contribution is -2.22. The SMILES string of the molecule is COc1cc(F)c([C@@H]2CNC(=O)C2=NC(=O)Nc2ccc(F)c(O)c2)c(F)c1. The number of aliphatic imine (C=N–C) groups is 1. The minimum absolute atomic E-state index is 0.0185. The van der Waals surface area contributed by atoms with Crippen LogP contribution in [0.1, 0.15) is 11.5 Å². The molecule has 1 atom stereocenters. The van der Waals surface area contributed by atoms with Gasteiger partial charge < -0.3 is 20.5 Å². The van der Waals surface area contributed by atoms with Gasteiger partial charge in [-0.25, -0.2) is 18.0 Å². The maximum atomic E-state index is 14.3. The molecule has 3 N–H and O–H groups in total. The third kappa shape index (κ3) is 3.75. The van der Waals surface area contributed by atoms with Gasteiger partial charge in [0.15, 0.2) is 11.6 Å². The average molecular weight is 393 g/mol. The van der Waals surface area contributed by atoms with Crippen molar-refractivity contribution in [3.05, 3.63) is 53.3 Å². The third-order valence-corrected chi connectivity index (χ3v) is 4.09. The molecule has 1 aliphatic rings. The number of methoxy groups -OCH3 is 1. The summed E-state index contributed by atoms with van der Waals surface area (Å²) >= 11 is 0. The highest BCUT2D eigenvalue weighted by molar-refractivity contribution is 6.44. The van der Waals surface area contributed by atoms with Crippen LogP contribution in [0.3, 0.4) is 0 Å². The molecule has 1 saturated heterocycles. The zero-order valence-corrected chi connectivity index (χ0v) is 14.4. The van der Waals surface area contributed by atoms with Crippen LogP contribution in [0.4, 0.5) is 23.7 Å². The lowest BCUT2D eigenvalue weighted by atomic mass is 9.95. The number of hydrogen-bond donors (Lipinski definition) is 3. The molecule has 2 aromatic rings. The number of hydrogen-bond acceptors (Lipinski definition) is 4. The van der Waals surface area contributed by atoms with Gasteiger partial charge in [-0.2, -0.15) is 4.99 Å². The molecular formula is C18H14F3N3O4. The number of nitrogens with zero attached hydrogens (tertiary/aromatic N) is 1.